The molecule has 0 spiro atoms. The summed E-state index contributed by atoms with van der Waals surface area (Å²) in [4.78, 5) is 15.8. The fourth-order valence-electron chi connectivity index (χ4n) is 1.85. The molecule has 0 aliphatic carbocycles. The molecule has 0 amide bonds. The minimum atomic E-state index is -0.834. The number of nitrogens with two attached hydrogens (primary N) is 1. The van der Waals surface area contributed by atoms with Gasteiger partial charge in [0.2, 0.25) is 5.96 Å². The first-order valence-corrected chi connectivity index (χ1v) is 7.03. The van der Waals surface area contributed by atoms with Gasteiger partial charge in [0.1, 0.15) is 0 Å². The number of unbranched alkanes of at least 4 members (excludes halogenated alkanes) is 5. The number of aliphatic carboxylic acids is 1. The topological polar surface area (TPSA) is 108 Å². The van der Waals surface area contributed by atoms with Gasteiger partial charge in [-0.15, -0.1) is 0 Å². The van der Waals surface area contributed by atoms with Crippen LogP contribution in [0.2, 0.25) is 0 Å². The van der Waals surface area contributed by atoms with E-state index in [1.165, 1.54) is 25.7 Å². The minimum Gasteiger partial charge on any atom is -0.481 e. The molecule has 0 rings (SSSR count). The van der Waals surface area contributed by atoms with Crippen LogP contribution in [0, 0.1) is 5.41 Å². The van der Waals surface area contributed by atoms with E-state index in [2.05, 4.69) is 12.4 Å². The first-order valence-electron chi connectivity index (χ1n) is 7.03. The third-order valence-electron chi connectivity index (χ3n) is 2.90. The van der Waals surface area contributed by atoms with Crippen LogP contribution in [0.15, 0.2) is 0 Å². The molecule has 6 nitrogen and oxygen atoms in total. The summed E-state index contributed by atoms with van der Waals surface area (Å²) < 4.78 is 0. The van der Waals surface area contributed by atoms with Gasteiger partial charge in [-0.05, 0) is 12.8 Å². The van der Waals surface area contributed by atoms with Crippen LogP contribution in [-0.4, -0.2) is 23.1 Å². The summed E-state index contributed by atoms with van der Waals surface area (Å²) in [6, 6.07) is 0. The molecule has 6 heteroatoms. The number of carboxylic acid groups (broad SMARTS) is 1. The SMILES string of the molecule is CCCCCCCCC(CCC(=O)O)ONC(=N)N. The van der Waals surface area contributed by atoms with Crippen LogP contribution in [0.5, 0.6) is 0 Å². The van der Waals surface area contributed by atoms with Crippen LogP contribution in [-0.2, 0) is 9.63 Å². The molecule has 112 valence electrons. The van der Waals surface area contributed by atoms with Crippen molar-refractivity contribution in [3.8, 4) is 0 Å². The number of nitrogens with one attached hydrogen (secondary N) is 2. The van der Waals surface area contributed by atoms with E-state index in [-0.39, 0.29) is 18.5 Å². The fraction of sp³-hybridized carbons (Fsp3) is 0.846. The van der Waals surface area contributed by atoms with Gasteiger partial charge < -0.3 is 10.8 Å². The largest absolute Gasteiger partial charge is 0.481 e. The van der Waals surface area contributed by atoms with Crippen molar-refractivity contribution in [2.75, 3.05) is 0 Å². The van der Waals surface area contributed by atoms with Gasteiger partial charge in [0.05, 0.1) is 6.10 Å². The number of hydroxylamine groups is 1. The summed E-state index contributed by atoms with van der Waals surface area (Å²) in [6.45, 7) is 2.18. The van der Waals surface area contributed by atoms with Crippen molar-refractivity contribution in [2.24, 2.45) is 5.73 Å². The Labute approximate surface area is 115 Å². The lowest BCUT2D eigenvalue weighted by atomic mass is 10.0. The lowest BCUT2D eigenvalue weighted by Gasteiger charge is -2.16. The first-order chi connectivity index (χ1) is 9.06. The van der Waals surface area contributed by atoms with Crippen molar-refractivity contribution in [3.63, 3.8) is 0 Å². The molecule has 0 radical (unpaired) electrons. The van der Waals surface area contributed by atoms with Gasteiger partial charge in [0, 0.05) is 6.42 Å². The predicted octanol–water partition coefficient (Wildman–Crippen LogP) is 2.39. The van der Waals surface area contributed by atoms with E-state index < -0.39 is 5.97 Å². The number of rotatable bonds is 12. The Morgan fingerprint density at radius 1 is 1.26 bits per heavy atom. The molecule has 5 N–H and O–H groups in total. The summed E-state index contributed by atoms with van der Waals surface area (Å²) in [5, 5.41) is 15.7. The zero-order valence-corrected chi connectivity index (χ0v) is 11.8. The normalized spacial score (nSPS) is 12.1. The quantitative estimate of drug-likeness (QED) is 0.189. The second kappa shape index (κ2) is 11.8. The monoisotopic (exact) mass is 273 g/mol. The summed E-state index contributed by atoms with van der Waals surface area (Å²) in [6.07, 6.45) is 8.19. The van der Waals surface area contributed by atoms with Crippen molar-refractivity contribution in [1.82, 2.24) is 5.48 Å². The van der Waals surface area contributed by atoms with Crippen molar-refractivity contribution in [3.05, 3.63) is 0 Å². The standard InChI is InChI=1S/C13H27N3O3/c1-2-3-4-5-6-7-8-11(9-10-12(17)18)19-16-13(14)15/h11H,2-10H2,1H3,(H,17,18)(H4,14,15,16). The van der Waals surface area contributed by atoms with E-state index in [4.69, 9.17) is 21.1 Å². The number of hydrogen-bond acceptors (Lipinski definition) is 3. The van der Waals surface area contributed by atoms with E-state index in [0.29, 0.717) is 6.42 Å². The number of carbonyl (C=O) groups is 1. The van der Waals surface area contributed by atoms with E-state index >= 15 is 0 Å². The first kappa shape index (κ1) is 17.7. The van der Waals surface area contributed by atoms with E-state index in [1.807, 2.05) is 0 Å². The maximum Gasteiger partial charge on any atom is 0.303 e. The molecule has 0 aliphatic rings. The zero-order chi connectivity index (χ0) is 14.5. The molecule has 1 unspecified atom stereocenters. The Morgan fingerprint density at radius 2 is 1.89 bits per heavy atom. The van der Waals surface area contributed by atoms with Crippen LogP contribution in [0.4, 0.5) is 0 Å². The second-order valence-corrected chi connectivity index (χ2v) is 4.74. The maximum absolute atomic E-state index is 10.5. The van der Waals surface area contributed by atoms with Gasteiger partial charge in [-0.25, -0.2) is 5.48 Å². The Bertz CT molecular complexity index is 242. The molecule has 0 saturated carbocycles. The molecule has 0 fully saturated rings. The van der Waals surface area contributed by atoms with Crippen LogP contribution in [0.25, 0.3) is 0 Å². The lowest BCUT2D eigenvalue weighted by molar-refractivity contribution is -0.138. The van der Waals surface area contributed by atoms with Crippen LogP contribution < -0.4 is 11.2 Å². The molecule has 19 heavy (non-hydrogen) atoms. The molecule has 0 aromatic carbocycles. The predicted molar refractivity (Wildman–Crippen MR) is 74.8 cm³/mol. The molecule has 0 saturated heterocycles. The highest BCUT2D eigenvalue weighted by Crippen LogP contribution is 2.13. The van der Waals surface area contributed by atoms with Gasteiger partial charge >= 0.3 is 5.97 Å². The number of hydrogen-bond donors (Lipinski definition) is 4. The fourth-order valence-corrected chi connectivity index (χ4v) is 1.85. The lowest BCUT2D eigenvalue weighted by Crippen LogP contribution is -2.34. The second-order valence-electron chi connectivity index (χ2n) is 4.74. The molecule has 1 atom stereocenters. The minimum absolute atomic E-state index is 0.0695. The third kappa shape index (κ3) is 12.9. The molecule has 0 aromatic heterocycles. The van der Waals surface area contributed by atoms with Crippen molar-refractivity contribution >= 4 is 11.9 Å². The Kier molecular flexibility index (Phi) is 11.0. The highest BCUT2D eigenvalue weighted by Gasteiger charge is 2.12. The highest BCUT2D eigenvalue weighted by molar-refractivity contribution is 5.72. The average molecular weight is 273 g/mol. The van der Waals surface area contributed by atoms with E-state index in [9.17, 15) is 4.79 Å². The van der Waals surface area contributed by atoms with Gasteiger partial charge in [-0.2, -0.15) is 0 Å². The molecule has 0 heterocycles. The maximum atomic E-state index is 10.5. The van der Waals surface area contributed by atoms with Crippen LogP contribution in [0.1, 0.15) is 64.7 Å². The van der Waals surface area contributed by atoms with Crippen molar-refractivity contribution in [2.45, 2.75) is 70.8 Å². The Morgan fingerprint density at radius 3 is 2.47 bits per heavy atom. The van der Waals surface area contributed by atoms with Crippen molar-refractivity contribution in [1.29, 1.82) is 5.41 Å². The smallest absolute Gasteiger partial charge is 0.303 e. The molecule has 0 aliphatic heterocycles. The summed E-state index contributed by atoms with van der Waals surface area (Å²) >= 11 is 0. The van der Waals surface area contributed by atoms with Gasteiger partial charge in [-0.3, -0.25) is 15.0 Å². The van der Waals surface area contributed by atoms with E-state index in [0.717, 1.165) is 19.3 Å². The number of guanidine groups is 1. The third-order valence-corrected chi connectivity index (χ3v) is 2.90. The van der Waals surface area contributed by atoms with Gasteiger partial charge in [-0.1, -0.05) is 45.4 Å². The highest BCUT2D eigenvalue weighted by atomic mass is 16.7. The van der Waals surface area contributed by atoms with Gasteiger partial charge in [0.15, 0.2) is 0 Å². The van der Waals surface area contributed by atoms with Crippen molar-refractivity contribution < 1.29 is 14.7 Å². The van der Waals surface area contributed by atoms with Crippen LogP contribution >= 0.6 is 0 Å². The van der Waals surface area contributed by atoms with Gasteiger partial charge in [0.25, 0.3) is 0 Å². The Balaban J connectivity index is 3.76. The van der Waals surface area contributed by atoms with E-state index in [1.54, 1.807) is 0 Å². The molecular weight excluding hydrogens is 246 g/mol. The summed E-state index contributed by atoms with van der Waals surface area (Å²) in [5.41, 5.74) is 7.44. The average Bonchev–Trinajstić information content (AvgIpc) is 2.35. The summed E-state index contributed by atoms with van der Waals surface area (Å²) in [5.74, 6) is -1.09. The number of carboxylic acids is 1. The molecule has 0 aromatic rings. The molecular formula is C13H27N3O3. The zero-order valence-electron chi connectivity index (χ0n) is 11.8. The Hall–Kier alpha value is -1.30. The molecule has 0 bridgehead atoms. The summed E-state index contributed by atoms with van der Waals surface area (Å²) in [7, 11) is 0. The van der Waals surface area contributed by atoms with Crippen LogP contribution in [0.3, 0.4) is 0 Å².